The summed E-state index contributed by atoms with van der Waals surface area (Å²) in [5, 5.41) is 1.16. The van der Waals surface area contributed by atoms with Gasteiger partial charge in [-0.05, 0) is 52.9 Å². The van der Waals surface area contributed by atoms with Gasteiger partial charge in [0.1, 0.15) is 0 Å². The number of amides is 1. The van der Waals surface area contributed by atoms with Crippen LogP contribution >= 0.6 is 22.6 Å². The number of benzene rings is 2. The van der Waals surface area contributed by atoms with Crippen molar-refractivity contribution in [3.8, 4) is 0 Å². The van der Waals surface area contributed by atoms with Crippen LogP contribution in [0.3, 0.4) is 0 Å². The number of carbonyl (C=O) groups excluding carboxylic acids is 2. The van der Waals surface area contributed by atoms with E-state index in [-0.39, 0.29) is 5.91 Å². The number of halogens is 1. The highest BCUT2D eigenvalue weighted by Crippen LogP contribution is 2.26. The van der Waals surface area contributed by atoms with E-state index in [1.807, 2.05) is 6.07 Å². The van der Waals surface area contributed by atoms with Crippen LogP contribution in [0.5, 0.6) is 0 Å². The van der Waals surface area contributed by atoms with Crippen molar-refractivity contribution in [3.63, 3.8) is 0 Å². The first-order chi connectivity index (χ1) is 10.6. The number of esters is 1. The van der Waals surface area contributed by atoms with Gasteiger partial charge in [-0.1, -0.05) is 18.2 Å². The zero-order valence-electron chi connectivity index (χ0n) is 12.1. The fourth-order valence-electron chi connectivity index (χ4n) is 1.90. The Kier molecular flexibility index (Phi) is 5.51. The van der Waals surface area contributed by atoms with Gasteiger partial charge in [0.15, 0.2) is 0 Å². The maximum atomic E-state index is 12.6. The summed E-state index contributed by atoms with van der Waals surface area (Å²) in [6, 6.07) is 13.7. The molecule has 5 nitrogen and oxygen atoms in total. The number of rotatable bonds is 4. The lowest BCUT2D eigenvalue weighted by molar-refractivity contribution is 0.0599. The minimum absolute atomic E-state index is 0.317. The van der Waals surface area contributed by atoms with Gasteiger partial charge in [-0.2, -0.15) is 5.06 Å². The van der Waals surface area contributed by atoms with E-state index in [4.69, 9.17) is 9.57 Å². The summed E-state index contributed by atoms with van der Waals surface area (Å²) < 4.78 is 5.48. The molecule has 0 fully saturated rings. The molecule has 0 saturated carbocycles. The van der Waals surface area contributed by atoms with E-state index >= 15 is 0 Å². The lowest BCUT2D eigenvalue weighted by atomic mass is 10.1. The third-order valence-electron chi connectivity index (χ3n) is 2.97. The van der Waals surface area contributed by atoms with Crippen molar-refractivity contribution >= 4 is 40.2 Å². The summed E-state index contributed by atoms with van der Waals surface area (Å²) >= 11 is 2.08. The minimum atomic E-state index is -0.471. The van der Waals surface area contributed by atoms with Gasteiger partial charge in [0.05, 0.1) is 25.5 Å². The van der Waals surface area contributed by atoms with Crippen LogP contribution in [0.1, 0.15) is 20.7 Å². The maximum Gasteiger partial charge on any atom is 0.337 e. The fraction of sp³-hybridized carbons (Fsp3) is 0.125. The van der Waals surface area contributed by atoms with Crippen molar-refractivity contribution < 1.29 is 19.2 Å². The predicted octanol–water partition coefficient (Wildman–Crippen LogP) is 3.29. The van der Waals surface area contributed by atoms with E-state index in [2.05, 4.69) is 22.6 Å². The molecule has 2 aromatic carbocycles. The summed E-state index contributed by atoms with van der Waals surface area (Å²) in [6.45, 7) is 0. The molecule has 0 spiro atoms. The number of methoxy groups -OCH3 is 1. The van der Waals surface area contributed by atoms with Crippen molar-refractivity contribution in [3.05, 3.63) is 63.2 Å². The van der Waals surface area contributed by atoms with Crippen molar-refractivity contribution in [2.75, 3.05) is 19.3 Å². The van der Waals surface area contributed by atoms with Gasteiger partial charge in [-0.3, -0.25) is 9.63 Å². The first-order valence-corrected chi connectivity index (χ1v) is 7.48. The zero-order chi connectivity index (χ0) is 16.1. The molecule has 0 N–H and O–H groups in total. The second kappa shape index (κ2) is 7.37. The Morgan fingerprint density at radius 2 is 1.68 bits per heavy atom. The van der Waals surface area contributed by atoms with Crippen LogP contribution in [0, 0.1) is 3.57 Å². The normalized spacial score (nSPS) is 10.1. The van der Waals surface area contributed by atoms with Crippen LogP contribution in [0.2, 0.25) is 0 Å². The number of hydrogen-bond donors (Lipinski definition) is 0. The fourth-order valence-corrected chi connectivity index (χ4v) is 2.46. The molecule has 0 bridgehead atoms. The molecule has 114 valence electrons. The predicted molar refractivity (Wildman–Crippen MR) is 90.8 cm³/mol. The van der Waals surface area contributed by atoms with Gasteiger partial charge < -0.3 is 4.74 Å². The molecular formula is C16H14INO4. The lowest BCUT2D eigenvalue weighted by Crippen LogP contribution is -2.30. The second-order valence-electron chi connectivity index (χ2n) is 4.31. The van der Waals surface area contributed by atoms with E-state index < -0.39 is 5.97 Å². The highest BCUT2D eigenvalue weighted by atomic mass is 127. The number of anilines is 1. The molecule has 0 unspecified atom stereocenters. The van der Waals surface area contributed by atoms with Crippen LogP contribution in [0.15, 0.2) is 48.5 Å². The summed E-state index contributed by atoms with van der Waals surface area (Å²) in [4.78, 5) is 29.4. The third kappa shape index (κ3) is 3.45. The molecule has 0 radical (unpaired) electrons. The Morgan fingerprint density at radius 1 is 1.00 bits per heavy atom. The number of carbonyl (C=O) groups is 2. The SMILES string of the molecule is COC(=O)c1ccc(I)c(N(OC)C(=O)c2ccccc2)c1. The standard InChI is InChI=1S/C16H14INO4/c1-21-16(20)12-8-9-13(17)14(10-12)18(22-2)15(19)11-6-4-3-5-7-11/h3-10H,1-2H3. The van der Waals surface area contributed by atoms with Crippen LogP contribution < -0.4 is 5.06 Å². The van der Waals surface area contributed by atoms with Crippen molar-refractivity contribution in [2.24, 2.45) is 0 Å². The molecule has 0 aliphatic carbocycles. The van der Waals surface area contributed by atoms with Crippen LogP contribution in [-0.4, -0.2) is 26.1 Å². The van der Waals surface area contributed by atoms with Crippen molar-refractivity contribution in [1.82, 2.24) is 0 Å². The van der Waals surface area contributed by atoms with E-state index in [0.717, 1.165) is 8.63 Å². The summed E-state index contributed by atoms with van der Waals surface area (Å²) in [5.74, 6) is -0.788. The average Bonchev–Trinajstić information content (AvgIpc) is 2.57. The molecule has 2 aromatic rings. The van der Waals surface area contributed by atoms with E-state index in [9.17, 15) is 9.59 Å². The Labute approximate surface area is 141 Å². The molecule has 0 aliphatic heterocycles. The molecule has 0 aliphatic rings. The van der Waals surface area contributed by atoms with Gasteiger partial charge in [0, 0.05) is 9.13 Å². The van der Waals surface area contributed by atoms with E-state index in [1.165, 1.54) is 14.2 Å². The largest absolute Gasteiger partial charge is 0.465 e. The number of ether oxygens (including phenoxy) is 1. The Bertz CT molecular complexity index is 688. The maximum absolute atomic E-state index is 12.6. The van der Waals surface area contributed by atoms with E-state index in [0.29, 0.717) is 16.8 Å². The van der Waals surface area contributed by atoms with Gasteiger partial charge in [0.2, 0.25) is 0 Å². The van der Waals surface area contributed by atoms with Gasteiger partial charge in [-0.25, -0.2) is 4.79 Å². The Morgan fingerprint density at radius 3 is 2.27 bits per heavy atom. The summed E-state index contributed by atoms with van der Waals surface area (Å²) in [5.41, 5.74) is 1.32. The summed E-state index contributed by atoms with van der Waals surface area (Å²) in [6.07, 6.45) is 0. The monoisotopic (exact) mass is 411 g/mol. The molecule has 0 saturated heterocycles. The van der Waals surface area contributed by atoms with E-state index in [1.54, 1.807) is 42.5 Å². The molecule has 0 atom stereocenters. The second-order valence-corrected chi connectivity index (χ2v) is 5.47. The minimum Gasteiger partial charge on any atom is -0.465 e. The lowest BCUT2D eigenvalue weighted by Gasteiger charge is -2.21. The topological polar surface area (TPSA) is 55.8 Å². The molecule has 6 heteroatoms. The van der Waals surface area contributed by atoms with Gasteiger partial charge in [0.25, 0.3) is 5.91 Å². The molecule has 2 rings (SSSR count). The number of hydroxylamine groups is 1. The molecular weight excluding hydrogens is 397 g/mol. The van der Waals surface area contributed by atoms with Crippen LogP contribution in [-0.2, 0) is 9.57 Å². The van der Waals surface area contributed by atoms with Crippen LogP contribution in [0.4, 0.5) is 5.69 Å². The van der Waals surface area contributed by atoms with Gasteiger partial charge >= 0.3 is 5.97 Å². The summed E-state index contributed by atoms with van der Waals surface area (Å²) in [7, 11) is 2.71. The zero-order valence-corrected chi connectivity index (χ0v) is 14.2. The molecule has 0 heterocycles. The molecule has 1 amide bonds. The van der Waals surface area contributed by atoms with Crippen molar-refractivity contribution in [1.29, 1.82) is 0 Å². The smallest absolute Gasteiger partial charge is 0.337 e. The third-order valence-corrected chi connectivity index (χ3v) is 3.89. The van der Waals surface area contributed by atoms with Crippen molar-refractivity contribution in [2.45, 2.75) is 0 Å². The molecule has 0 aromatic heterocycles. The number of hydrogen-bond acceptors (Lipinski definition) is 4. The first kappa shape index (κ1) is 16.4. The quantitative estimate of drug-likeness (QED) is 0.440. The Hall–Kier alpha value is -1.93. The van der Waals surface area contributed by atoms with Gasteiger partial charge in [-0.15, -0.1) is 0 Å². The highest BCUT2D eigenvalue weighted by Gasteiger charge is 2.21. The first-order valence-electron chi connectivity index (χ1n) is 6.40. The number of nitrogens with zero attached hydrogens (tertiary/aromatic N) is 1. The Balaban J connectivity index is 2.43. The highest BCUT2D eigenvalue weighted by molar-refractivity contribution is 14.1. The average molecular weight is 411 g/mol. The van der Waals surface area contributed by atoms with Crippen LogP contribution in [0.25, 0.3) is 0 Å². The molecule has 22 heavy (non-hydrogen) atoms.